The van der Waals surface area contributed by atoms with Crippen LogP contribution in [0.15, 0.2) is 4.99 Å². The normalized spacial score (nSPS) is 36.8. The predicted molar refractivity (Wildman–Crippen MR) is 131 cm³/mol. The summed E-state index contributed by atoms with van der Waals surface area (Å²) in [6.45, 7) is 9.41. The van der Waals surface area contributed by atoms with Crippen LogP contribution in [0.3, 0.4) is 0 Å². The molecule has 2 aliphatic carbocycles. The van der Waals surface area contributed by atoms with Crippen molar-refractivity contribution in [3.05, 3.63) is 0 Å². The second-order valence-electron chi connectivity index (χ2n) is 10.6. The summed E-state index contributed by atoms with van der Waals surface area (Å²) in [5.41, 5.74) is 0.389. The van der Waals surface area contributed by atoms with Crippen molar-refractivity contribution in [2.24, 2.45) is 34.6 Å². The predicted octanol–water partition coefficient (Wildman–Crippen LogP) is 5.60. The number of halogens is 1. The molecule has 0 aromatic rings. The average molecular weight is 486 g/mol. The lowest BCUT2D eigenvalue weighted by Gasteiger charge is -2.47. The molecule has 0 aromatic carbocycles. The Bertz CT molecular complexity index is 653. The maximum absolute atomic E-state index is 12.1. The Balaban J connectivity index is 1.69. The van der Waals surface area contributed by atoms with Crippen LogP contribution in [0.4, 0.5) is 0 Å². The van der Waals surface area contributed by atoms with Crippen LogP contribution in [-0.4, -0.2) is 56.0 Å². The molecule has 2 saturated carbocycles. The van der Waals surface area contributed by atoms with E-state index in [1.54, 1.807) is 7.11 Å². The standard InChI is InChI=1S/C26H44ClNO5/c1-16-13-23(31-14-20-9-7-6-8-10-20)17(2)18(3)24(16)25(33-19(4)29)21-11-12-22(26(27)28-21)32-15-30-5/h16-18,20,22-26H,6-15H2,1-5H3. The molecule has 33 heavy (non-hydrogen) atoms. The highest BCUT2D eigenvalue weighted by molar-refractivity contribution is 6.21. The molecule has 8 unspecified atom stereocenters. The highest BCUT2D eigenvalue weighted by Crippen LogP contribution is 2.44. The summed E-state index contributed by atoms with van der Waals surface area (Å²) in [6, 6.07) is 0. The van der Waals surface area contributed by atoms with Gasteiger partial charge in [0.05, 0.1) is 17.9 Å². The smallest absolute Gasteiger partial charge is 0.303 e. The summed E-state index contributed by atoms with van der Waals surface area (Å²) in [6.07, 6.45) is 8.82. The summed E-state index contributed by atoms with van der Waals surface area (Å²) in [5, 5.41) is 0. The van der Waals surface area contributed by atoms with Crippen molar-refractivity contribution >= 4 is 23.3 Å². The van der Waals surface area contributed by atoms with E-state index in [4.69, 9.17) is 35.5 Å². The van der Waals surface area contributed by atoms with Crippen LogP contribution >= 0.6 is 11.6 Å². The number of carbonyl (C=O) groups excluding carboxylic acids is 1. The second kappa shape index (κ2) is 12.9. The van der Waals surface area contributed by atoms with Gasteiger partial charge >= 0.3 is 5.97 Å². The fourth-order valence-electron chi connectivity index (χ4n) is 6.17. The summed E-state index contributed by atoms with van der Waals surface area (Å²) < 4.78 is 23.1. The van der Waals surface area contributed by atoms with Crippen molar-refractivity contribution in [2.75, 3.05) is 20.5 Å². The fraction of sp³-hybridized carbons (Fsp3) is 0.923. The van der Waals surface area contributed by atoms with Gasteiger partial charge in [0.1, 0.15) is 18.4 Å². The lowest BCUT2D eigenvalue weighted by Crippen LogP contribution is -2.50. The van der Waals surface area contributed by atoms with Gasteiger partial charge in [0.2, 0.25) is 0 Å². The molecule has 8 atom stereocenters. The largest absolute Gasteiger partial charge is 0.456 e. The quantitative estimate of drug-likeness (QED) is 0.184. The number of esters is 1. The van der Waals surface area contributed by atoms with Crippen molar-refractivity contribution in [3.63, 3.8) is 0 Å². The molecule has 1 aliphatic heterocycles. The van der Waals surface area contributed by atoms with Gasteiger partial charge in [0, 0.05) is 26.6 Å². The first-order valence-corrected chi connectivity index (χ1v) is 13.3. The van der Waals surface area contributed by atoms with Gasteiger partial charge in [-0.2, -0.15) is 0 Å². The van der Waals surface area contributed by atoms with Gasteiger partial charge in [-0.05, 0) is 55.8 Å². The molecule has 0 amide bonds. The molecule has 0 N–H and O–H groups in total. The number of rotatable bonds is 9. The average Bonchev–Trinajstić information content (AvgIpc) is 2.79. The minimum atomic E-state index is -0.500. The molecule has 0 saturated heterocycles. The van der Waals surface area contributed by atoms with Crippen molar-refractivity contribution in [2.45, 2.75) is 103 Å². The van der Waals surface area contributed by atoms with E-state index in [-0.39, 0.29) is 37.0 Å². The maximum atomic E-state index is 12.1. The number of nitrogens with zero attached hydrogens (tertiary/aromatic N) is 1. The van der Waals surface area contributed by atoms with Gasteiger partial charge in [-0.25, -0.2) is 0 Å². The molecule has 3 aliphatic rings. The van der Waals surface area contributed by atoms with Gasteiger partial charge in [-0.3, -0.25) is 9.79 Å². The van der Waals surface area contributed by atoms with Gasteiger partial charge in [0.15, 0.2) is 0 Å². The highest BCUT2D eigenvalue weighted by Gasteiger charge is 2.46. The molecule has 0 spiro atoms. The van der Waals surface area contributed by atoms with Crippen molar-refractivity contribution in [3.8, 4) is 0 Å². The first kappa shape index (κ1) is 26.9. The highest BCUT2D eigenvalue weighted by atomic mass is 35.5. The molecule has 1 heterocycles. The topological polar surface area (TPSA) is 66.4 Å². The third kappa shape index (κ3) is 7.16. The van der Waals surface area contributed by atoms with Gasteiger partial charge < -0.3 is 18.9 Å². The summed E-state index contributed by atoms with van der Waals surface area (Å²) in [4.78, 5) is 16.8. The zero-order chi connectivity index (χ0) is 24.0. The molecule has 0 radical (unpaired) electrons. The van der Waals surface area contributed by atoms with Crippen LogP contribution in [0, 0.1) is 29.6 Å². The van der Waals surface area contributed by atoms with Crippen LogP contribution < -0.4 is 0 Å². The maximum Gasteiger partial charge on any atom is 0.303 e. The Morgan fingerprint density at radius 2 is 1.79 bits per heavy atom. The number of ether oxygens (including phenoxy) is 4. The SMILES string of the molecule is COCOC1CCC(C(OC(C)=O)C2C(C)CC(OCC3CCCCC3)C(C)C2C)=NC1Cl. The van der Waals surface area contributed by atoms with E-state index in [2.05, 4.69) is 20.8 Å². The summed E-state index contributed by atoms with van der Waals surface area (Å²) >= 11 is 6.54. The second-order valence-corrected chi connectivity index (χ2v) is 11.0. The van der Waals surface area contributed by atoms with Gasteiger partial charge in [-0.1, -0.05) is 51.6 Å². The number of carbonyl (C=O) groups is 1. The van der Waals surface area contributed by atoms with E-state index >= 15 is 0 Å². The van der Waals surface area contributed by atoms with Crippen LogP contribution in [-0.2, 0) is 23.7 Å². The molecule has 3 rings (SSSR count). The Hall–Kier alpha value is -0.690. The number of alkyl halides is 1. The van der Waals surface area contributed by atoms with Crippen molar-refractivity contribution in [1.29, 1.82) is 0 Å². The Labute approximate surface area is 205 Å². The minimum Gasteiger partial charge on any atom is -0.456 e. The molecule has 0 aromatic heterocycles. The Morgan fingerprint density at radius 1 is 1.06 bits per heavy atom. The number of hydrogen-bond acceptors (Lipinski definition) is 6. The number of aliphatic imine (C=N–C) groups is 1. The number of hydrogen-bond donors (Lipinski definition) is 0. The van der Waals surface area contributed by atoms with E-state index < -0.39 is 5.50 Å². The van der Waals surface area contributed by atoms with Crippen molar-refractivity contribution in [1.82, 2.24) is 0 Å². The molecular formula is C26H44ClNO5. The monoisotopic (exact) mass is 485 g/mol. The molecular weight excluding hydrogens is 442 g/mol. The van der Waals surface area contributed by atoms with E-state index in [0.29, 0.717) is 30.1 Å². The first-order valence-electron chi connectivity index (χ1n) is 12.9. The third-order valence-electron chi connectivity index (χ3n) is 8.21. The zero-order valence-corrected chi connectivity index (χ0v) is 21.9. The lowest BCUT2D eigenvalue weighted by atomic mass is 9.64. The van der Waals surface area contributed by atoms with E-state index in [1.807, 2.05) is 0 Å². The molecule has 0 bridgehead atoms. The first-order chi connectivity index (χ1) is 15.8. The summed E-state index contributed by atoms with van der Waals surface area (Å²) in [5.74, 6) is 1.73. The zero-order valence-electron chi connectivity index (χ0n) is 21.1. The Morgan fingerprint density at radius 3 is 2.42 bits per heavy atom. The van der Waals surface area contributed by atoms with E-state index in [9.17, 15) is 4.79 Å². The third-order valence-corrected chi connectivity index (χ3v) is 8.59. The Kier molecular flexibility index (Phi) is 10.5. The molecule has 2 fully saturated rings. The van der Waals surface area contributed by atoms with E-state index in [1.165, 1.54) is 39.0 Å². The van der Waals surface area contributed by atoms with Crippen LogP contribution in [0.2, 0.25) is 0 Å². The fourth-order valence-corrected chi connectivity index (χ4v) is 6.49. The molecule has 190 valence electrons. The van der Waals surface area contributed by atoms with Crippen LogP contribution in [0.5, 0.6) is 0 Å². The van der Waals surface area contributed by atoms with Crippen LogP contribution in [0.1, 0.15) is 79.1 Å². The molecule has 6 nitrogen and oxygen atoms in total. The van der Waals surface area contributed by atoms with Crippen molar-refractivity contribution < 1.29 is 23.7 Å². The molecule has 7 heteroatoms. The van der Waals surface area contributed by atoms with Gasteiger partial charge in [0.25, 0.3) is 0 Å². The van der Waals surface area contributed by atoms with Crippen LogP contribution in [0.25, 0.3) is 0 Å². The van der Waals surface area contributed by atoms with E-state index in [0.717, 1.165) is 25.2 Å². The summed E-state index contributed by atoms with van der Waals surface area (Å²) in [7, 11) is 1.59. The minimum absolute atomic E-state index is 0.189. The number of methoxy groups -OCH3 is 1. The van der Waals surface area contributed by atoms with Gasteiger partial charge in [-0.15, -0.1) is 0 Å². The lowest BCUT2D eigenvalue weighted by molar-refractivity contribution is -0.151.